The second-order valence-corrected chi connectivity index (χ2v) is 6.04. The molecule has 1 atom stereocenters. The van der Waals surface area contributed by atoms with E-state index in [2.05, 4.69) is 58.1 Å². The van der Waals surface area contributed by atoms with Crippen molar-refractivity contribution in [3.8, 4) is 0 Å². The number of aliphatic imine (C=N–C) groups is 1. The smallest absolute Gasteiger partial charge is 0.194 e. The molecule has 2 heterocycles. The molecule has 1 unspecified atom stereocenters. The van der Waals surface area contributed by atoms with Gasteiger partial charge < -0.3 is 16.4 Å². The molecule has 4 heteroatoms. The summed E-state index contributed by atoms with van der Waals surface area (Å²) in [5.41, 5.74) is 11.9. The van der Waals surface area contributed by atoms with E-state index in [-0.39, 0.29) is 6.04 Å². The summed E-state index contributed by atoms with van der Waals surface area (Å²) in [6.07, 6.45) is 2.19. The van der Waals surface area contributed by atoms with Crippen molar-refractivity contribution in [2.24, 2.45) is 10.7 Å². The highest BCUT2D eigenvalue weighted by molar-refractivity contribution is 5.83. The minimum absolute atomic E-state index is 0.0608. The zero-order chi connectivity index (χ0) is 16.4. The van der Waals surface area contributed by atoms with Crippen LogP contribution in [0, 0.1) is 0 Å². The number of benzene rings is 2. The molecule has 24 heavy (non-hydrogen) atoms. The van der Waals surface area contributed by atoms with Crippen LogP contribution in [0.2, 0.25) is 0 Å². The topological polar surface area (TPSA) is 62.4 Å². The van der Waals surface area contributed by atoms with Crippen LogP contribution in [0.25, 0.3) is 6.08 Å². The number of hydrogen-bond acceptors (Lipinski definition) is 4. The Bertz CT molecular complexity index is 819. The van der Waals surface area contributed by atoms with Crippen molar-refractivity contribution < 1.29 is 0 Å². The number of rotatable bonds is 2. The van der Waals surface area contributed by atoms with E-state index in [1.54, 1.807) is 0 Å². The predicted octanol–water partition coefficient (Wildman–Crippen LogP) is 2.59. The number of hydrogen-bond donors (Lipinski definition) is 3. The van der Waals surface area contributed by atoms with Crippen LogP contribution >= 0.6 is 0 Å². The summed E-state index contributed by atoms with van der Waals surface area (Å²) in [4.78, 5) is 4.61. The van der Waals surface area contributed by atoms with Crippen molar-refractivity contribution >= 4 is 12.0 Å². The van der Waals surface area contributed by atoms with Gasteiger partial charge in [0, 0.05) is 13.1 Å². The molecule has 0 bridgehead atoms. The minimum atomic E-state index is 0.0608. The highest BCUT2D eigenvalue weighted by atomic mass is 15.2. The van der Waals surface area contributed by atoms with Gasteiger partial charge in [-0.1, -0.05) is 60.7 Å². The number of nitrogens with two attached hydrogens (primary N) is 1. The molecule has 0 radical (unpaired) electrons. The van der Waals surface area contributed by atoms with Gasteiger partial charge in [0.25, 0.3) is 0 Å². The average molecular weight is 316 g/mol. The van der Waals surface area contributed by atoms with Crippen LogP contribution in [0.5, 0.6) is 0 Å². The molecule has 2 aliphatic heterocycles. The van der Waals surface area contributed by atoms with E-state index in [4.69, 9.17) is 5.73 Å². The quantitative estimate of drug-likeness (QED) is 0.798. The molecule has 0 amide bonds. The number of guanidine groups is 1. The van der Waals surface area contributed by atoms with E-state index in [0.717, 1.165) is 18.8 Å². The Morgan fingerprint density at radius 2 is 1.67 bits per heavy atom. The Balaban J connectivity index is 1.79. The molecule has 4 nitrogen and oxygen atoms in total. The molecule has 2 aromatic carbocycles. The van der Waals surface area contributed by atoms with Crippen molar-refractivity contribution in [1.82, 2.24) is 10.6 Å². The molecule has 0 fully saturated rings. The molecule has 2 aromatic rings. The SMILES string of the molecule is NC1=NC2=C(CNC/C2=C/c2ccccc2)C(c2ccccc2)N1. The molecule has 4 N–H and O–H groups in total. The molecule has 0 saturated heterocycles. The van der Waals surface area contributed by atoms with Gasteiger partial charge in [0.05, 0.1) is 11.7 Å². The van der Waals surface area contributed by atoms with Crippen LogP contribution in [0.15, 0.2) is 82.5 Å². The maximum Gasteiger partial charge on any atom is 0.194 e. The molecule has 0 spiro atoms. The lowest BCUT2D eigenvalue weighted by Gasteiger charge is -2.32. The van der Waals surface area contributed by atoms with E-state index in [0.29, 0.717) is 5.96 Å². The first-order valence-electron chi connectivity index (χ1n) is 8.16. The standard InChI is InChI=1S/C20H20N4/c21-20-23-18(15-9-5-2-6-10-15)17-13-22-12-16(19(17)24-20)11-14-7-3-1-4-8-14/h1-11,18,22H,12-13H2,(H3,21,23,24)/b16-11-. The van der Waals surface area contributed by atoms with Gasteiger partial charge in [-0.25, -0.2) is 4.99 Å². The Labute approximate surface area is 141 Å². The van der Waals surface area contributed by atoms with E-state index < -0.39 is 0 Å². The fourth-order valence-electron chi connectivity index (χ4n) is 3.28. The maximum absolute atomic E-state index is 6.08. The van der Waals surface area contributed by atoms with Crippen LogP contribution in [0.3, 0.4) is 0 Å². The van der Waals surface area contributed by atoms with Gasteiger partial charge in [0.15, 0.2) is 5.96 Å². The summed E-state index contributed by atoms with van der Waals surface area (Å²) in [6.45, 7) is 1.61. The summed E-state index contributed by atoms with van der Waals surface area (Å²) in [6, 6.07) is 20.8. The Morgan fingerprint density at radius 1 is 0.958 bits per heavy atom. The van der Waals surface area contributed by atoms with Crippen molar-refractivity contribution in [3.63, 3.8) is 0 Å². The van der Waals surface area contributed by atoms with Gasteiger partial charge in [0.1, 0.15) is 0 Å². The summed E-state index contributed by atoms with van der Waals surface area (Å²) in [7, 11) is 0. The molecule has 2 aliphatic rings. The van der Waals surface area contributed by atoms with Gasteiger partial charge in [-0.3, -0.25) is 0 Å². The van der Waals surface area contributed by atoms with Crippen LogP contribution in [-0.4, -0.2) is 19.0 Å². The minimum Gasteiger partial charge on any atom is -0.370 e. The zero-order valence-electron chi connectivity index (χ0n) is 13.4. The second-order valence-electron chi connectivity index (χ2n) is 6.04. The average Bonchev–Trinajstić information content (AvgIpc) is 2.63. The summed E-state index contributed by atoms with van der Waals surface area (Å²) in [5.74, 6) is 0.475. The first kappa shape index (κ1) is 14.7. The lowest BCUT2D eigenvalue weighted by atomic mass is 9.90. The molecule has 0 saturated carbocycles. The largest absolute Gasteiger partial charge is 0.370 e. The van der Waals surface area contributed by atoms with Gasteiger partial charge in [-0.2, -0.15) is 0 Å². The highest BCUT2D eigenvalue weighted by Gasteiger charge is 2.28. The van der Waals surface area contributed by atoms with Gasteiger partial charge in [-0.05, 0) is 28.3 Å². The Hall–Kier alpha value is -2.85. The molecular weight excluding hydrogens is 296 g/mol. The van der Waals surface area contributed by atoms with E-state index in [1.165, 1.54) is 22.3 Å². The third-order valence-electron chi connectivity index (χ3n) is 4.39. The summed E-state index contributed by atoms with van der Waals surface area (Å²) in [5, 5.41) is 6.81. The summed E-state index contributed by atoms with van der Waals surface area (Å²) >= 11 is 0. The molecule has 0 aromatic heterocycles. The monoisotopic (exact) mass is 316 g/mol. The van der Waals surface area contributed by atoms with E-state index in [9.17, 15) is 0 Å². The number of nitrogens with zero attached hydrogens (tertiary/aromatic N) is 1. The van der Waals surface area contributed by atoms with Gasteiger partial charge >= 0.3 is 0 Å². The lowest BCUT2D eigenvalue weighted by Crippen LogP contribution is -2.43. The first-order valence-corrected chi connectivity index (χ1v) is 8.16. The highest BCUT2D eigenvalue weighted by Crippen LogP contribution is 2.33. The Kier molecular flexibility index (Phi) is 3.89. The molecule has 4 rings (SSSR count). The Morgan fingerprint density at radius 3 is 2.42 bits per heavy atom. The zero-order valence-corrected chi connectivity index (χ0v) is 13.4. The van der Waals surface area contributed by atoms with Crippen LogP contribution in [-0.2, 0) is 0 Å². The molecular formula is C20H20N4. The van der Waals surface area contributed by atoms with Crippen LogP contribution in [0.1, 0.15) is 17.2 Å². The third-order valence-corrected chi connectivity index (χ3v) is 4.39. The summed E-state index contributed by atoms with van der Waals surface area (Å²) < 4.78 is 0. The fourth-order valence-corrected chi connectivity index (χ4v) is 3.28. The second kappa shape index (κ2) is 6.34. The van der Waals surface area contributed by atoms with Crippen LogP contribution < -0.4 is 16.4 Å². The van der Waals surface area contributed by atoms with Crippen LogP contribution in [0.4, 0.5) is 0 Å². The first-order chi connectivity index (χ1) is 11.8. The van der Waals surface area contributed by atoms with E-state index >= 15 is 0 Å². The van der Waals surface area contributed by atoms with Crippen molar-refractivity contribution in [1.29, 1.82) is 0 Å². The van der Waals surface area contributed by atoms with Gasteiger partial charge in [0.2, 0.25) is 0 Å². The third kappa shape index (κ3) is 2.84. The number of nitrogens with one attached hydrogen (secondary N) is 2. The van der Waals surface area contributed by atoms with Crippen molar-refractivity contribution in [2.75, 3.05) is 13.1 Å². The van der Waals surface area contributed by atoms with Crippen molar-refractivity contribution in [2.45, 2.75) is 6.04 Å². The fraction of sp³-hybridized carbons (Fsp3) is 0.150. The normalized spacial score (nSPS) is 21.9. The molecule has 0 aliphatic carbocycles. The predicted molar refractivity (Wildman–Crippen MR) is 98.3 cm³/mol. The van der Waals surface area contributed by atoms with E-state index in [1.807, 2.05) is 24.3 Å². The lowest BCUT2D eigenvalue weighted by molar-refractivity contribution is 0.630. The molecule has 120 valence electrons. The maximum atomic E-state index is 6.08. The van der Waals surface area contributed by atoms with Gasteiger partial charge in [-0.15, -0.1) is 0 Å². The van der Waals surface area contributed by atoms with Crippen molar-refractivity contribution in [3.05, 3.63) is 88.6 Å².